The summed E-state index contributed by atoms with van der Waals surface area (Å²) in [4.78, 5) is 0. The van der Waals surface area contributed by atoms with E-state index in [0.29, 0.717) is 0 Å². The molecule has 0 aromatic rings. The zero-order valence-corrected chi connectivity index (χ0v) is 11.5. The third kappa shape index (κ3) is 7.35. The largest absolute Gasteiger partial charge is 0.350 e. The first-order valence-corrected chi connectivity index (χ1v) is 6.70. The van der Waals surface area contributed by atoms with Crippen LogP contribution in [0.3, 0.4) is 0 Å². The van der Waals surface area contributed by atoms with Crippen molar-refractivity contribution in [2.24, 2.45) is 0 Å². The maximum atomic E-state index is 5.40. The van der Waals surface area contributed by atoms with Crippen molar-refractivity contribution in [3.8, 4) is 0 Å². The van der Waals surface area contributed by atoms with Crippen LogP contribution in [0.25, 0.3) is 0 Å². The van der Waals surface area contributed by atoms with Gasteiger partial charge in [0.25, 0.3) is 0 Å². The molecule has 0 radical (unpaired) electrons. The fraction of sp³-hybridized carbons (Fsp3) is 0.733. The molecule has 1 aliphatic heterocycles. The highest BCUT2D eigenvalue weighted by atomic mass is 16.7. The molecule has 98 valence electrons. The van der Waals surface area contributed by atoms with Crippen LogP contribution in [0.4, 0.5) is 0 Å². The van der Waals surface area contributed by atoms with Crippen LogP contribution in [0.5, 0.6) is 0 Å². The Kier molecular flexibility index (Phi) is 7.22. The summed E-state index contributed by atoms with van der Waals surface area (Å²) in [6, 6.07) is 0. The zero-order valence-electron chi connectivity index (χ0n) is 11.5. The predicted molar refractivity (Wildman–Crippen MR) is 72.0 cm³/mol. The van der Waals surface area contributed by atoms with Crippen molar-refractivity contribution in [1.82, 2.24) is 0 Å². The lowest BCUT2D eigenvalue weighted by molar-refractivity contribution is -0.0474. The first kappa shape index (κ1) is 14.5. The summed E-state index contributed by atoms with van der Waals surface area (Å²) in [6.07, 6.45) is 10.4. The van der Waals surface area contributed by atoms with Crippen molar-refractivity contribution in [2.75, 3.05) is 13.2 Å². The summed E-state index contributed by atoms with van der Waals surface area (Å²) < 4.78 is 10.8. The van der Waals surface area contributed by atoms with E-state index < -0.39 is 0 Å². The quantitative estimate of drug-likeness (QED) is 0.488. The van der Waals surface area contributed by atoms with E-state index in [4.69, 9.17) is 9.47 Å². The van der Waals surface area contributed by atoms with Gasteiger partial charge >= 0.3 is 0 Å². The molecule has 0 saturated carbocycles. The Labute approximate surface area is 106 Å². The first-order chi connectivity index (χ1) is 8.18. The minimum Gasteiger partial charge on any atom is -0.350 e. The molecule has 1 aliphatic rings. The molecule has 1 saturated heterocycles. The monoisotopic (exact) mass is 238 g/mol. The molecule has 0 atom stereocenters. The molecule has 1 heterocycles. The van der Waals surface area contributed by atoms with Gasteiger partial charge in [-0.15, -0.1) is 0 Å². The highest BCUT2D eigenvalue weighted by Crippen LogP contribution is 2.13. The van der Waals surface area contributed by atoms with E-state index in [-0.39, 0.29) is 6.29 Å². The Morgan fingerprint density at radius 2 is 1.76 bits per heavy atom. The molecule has 0 bridgehead atoms. The van der Waals surface area contributed by atoms with Gasteiger partial charge in [-0.2, -0.15) is 0 Å². The average molecular weight is 238 g/mol. The molecule has 1 rings (SSSR count). The fourth-order valence-corrected chi connectivity index (χ4v) is 1.90. The van der Waals surface area contributed by atoms with Crippen LogP contribution < -0.4 is 0 Å². The van der Waals surface area contributed by atoms with Gasteiger partial charge in [0.2, 0.25) is 0 Å². The minimum atomic E-state index is 0.0642. The summed E-state index contributed by atoms with van der Waals surface area (Å²) in [7, 11) is 0. The lowest BCUT2D eigenvalue weighted by Gasteiger charge is -2.07. The Morgan fingerprint density at radius 3 is 2.41 bits per heavy atom. The Hall–Kier alpha value is -0.600. The molecule has 0 unspecified atom stereocenters. The predicted octanol–water partition coefficient (Wildman–Crippen LogP) is 4.22. The fourth-order valence-electron chi connectivity index (χ4n) is 1.90. The molecule has 0 aromatic heterocycles. The molecule has 0 aliphatic carbocycles. The van der Waals surface area contributed by atoms with E-state index in [1.165, 1.54) is 24.0 Å². The molecule has 1 fully saturated rings. The van der Waals surface area contributed by atoms with Crippen molar-refractivity contribution >= 4 is 0 Å². The summed E-state index contributed by atoms with van der Waals surface area (Å²) in [5.74, 6) is 0. The molecule has 0 N–H and O–H groups in total. The van der Waals surface area contributed by atoms with Crippen molar-refractivity contribution in [3.63, 3.8) is 0 Å². The van der Waals surface area contributed by atoms with Crippen molar-refractivity contribution < 1.29 is 9.47 Å². The van der Waals surface area contributed by atoms with E-state index in [0.717, 1.165) is 32.5 Å². The van der Waals surface area contributed by atoms with Gasteiger partial charge in [0.15, 0.2) is 6.29 Å². The lowest BCUT2D eigenvalue weighted by Crippen LogP contribution is -2.06. The van der Waals surface area contributed by atoms with Crippen molar-refractivity contribution in [1.29, 1.82) is 0 Å². The standard InChI is InChI=1S/C15H26O2/c1-13(2)7-6-9-14(3)8-4-5-10-15-16-11-12-17-15/h7-8,15H,4-6,9-12H2,1-3H3/b14-8-. The summed E-state index contributed by atoms with van der Waals surface area (Å²) in [5.41, 5.74) is 2.91. The summed E-state index contributed by atoms with van der Waals surface area (Å²) in [5, 5.41) is 0. The minimum absolute atomic E-state index is 0.0642. The third-order valence-electron chi connectivity index (χ3n) is 2.92. The van der Waals surface area contributed by atoms with Gasteiger partial charge in [0.1, 0.15) is 0 Å². The van der Waals surface area contributed by atoms with Gasteiger partial charge in [-0.25, -0.2) is 0 Å². The normalized spacial score (nSPS) is 17.5. The van der Waals surface area contributed by atoms with Crippen LogP contribution in [0.2, 0.25) is 0 Å². The van der Waals surface area contributed by atoms with Gasteiger partial charge in [0, 0.05) is 0 Å². The highest BCUT2D eigenvalue weighted by Gasteiger charge is 2.14. The van der Waals surface area contributed by atoms with Gasteiger partial charge < -0.3 is 9.47 Å². The highest BCUT2D eigenvalue weighted by molar-refractivity contribution is 5.02. The number of hydrogen-bond acceptors (Lipinski definition) is 2. The van der Waals surface area contributed by atoms with Crippen LogP contribution in [0, 0.1) is 0 Å². The molecule has 2 nitrogen and oxygen atoms in total. The Morgan fingerprint density at radius 1 is 1.06 bits per heavy atom. The first-order valence-electron chi connectivity index (χ1n) is 6.70. The molecule has 0 amide bonds. The Balaban J connectivity index is 2.04. The number of ether oxygens (including phenoxy) is 2. The van der Waals surface area contributed by atoms with E-state index in [2.05, 4.69) is 32.9 Å². The summed E-state index contributed by atoms with van der Waals surface area (Å²) >= 11 is 0. The van der Waals surface area contributed by atoms with Crippen molar-refractivity contribution in [2.45, 2.75) is 59.2 Å². The molecule has 2 heteroatoms. The van der Waals surface area contributed by atoms with E-state index >= 15 is 0 Å². The van der Waals surface area contributed by atoms with Gasteiger partial charge in [-0.05, 0) is 52.9 Å². The molecular weight excluding hydrogens is 212 g/mol. The zero-order chi connectivity index (χ0) is 12.5. The number of rotatable bonds is 7. The second-order valence-corrected chi connectivity index (χ2v) is 4.97. The second-order valence-electron chi connectivity index (χ2n) is 4.97. The van der Waals surface area contributed by atoms with Gasteiger partial charge in [-0.3, -0.25) is 0 Å². The maximum absolute atomic E-state index is 5.40. The number of unbranched alkanes of at least 4 members (excludes halogenated alkanes) is 1. The van der Waals surface area contributed by atoms with Crippen LogP contribution >= 0.6 is 0 Å². The topological polar surface area (TPSA) is 18.5 Å². The third-order valence-corrected chi connectivity index (χ3v) is 2.92. The van der Waals surface area contributed by atoms with E-state index in [1.807, 2.05) is 0 Å². The van der Waals surface area contributed by atoms with E-state index in [1.54, 1.807) is 0 Å². The van der Waals surface area contributed by atoms with Gasteiger partial charge in [-0.1, -0.05) is 23.3 Å². The van der Waals surface area contributed by atoms with Crippen LogP contribution in [-0.2, 0) is 9.47 Å². The lowest BCUT2D eigenvalue weighted by atomic mass is 10.1. The summed E-state index contributed by atoms with van der Waals surface area (Å²) in [6.45, 7) is 8.06. The van der Waals surface area contributed by atoms with Crippen LogP contribution in [0.15, 0.2) is 23.3 Å². The second kappa shape index (κ2) is 8.48. The SMILES string of the molecule is CC(C)=CCC/C(C)=C\CCCC1OCCO1. The number of hydrogen-bond donors (Lipinski definition) is 0. The Bertz CT molecular complexity index is 256. The van der Waals surface area contributed by atoms with E-state index in [9.17, 15) is 0 Å². The molecule has 17 heavy (non-hydrogen) atoms. The number of allylic oxidation sites excluding steroid dienone is 4. The van der Waals surface area contributed by atoms with Crippen LogP contribution in [-0.4, -0.2) is 19.5 Å². The maximum Gasteiger partial charge on any atom is 0.157 e. The smallest absolute Gasteiger partial charge is 0.157 e. The average Bonchev–Trinajstić information content (AvgIpc) is 2.76. The van der Waals surface area contributed by atoms with Crippen LogP contribution in [0.1, 0.15) is 52.9 Å². The molecule has 0 aromatic carbocycles. The van der Waals surface area contributed by atoms with Crippen molar-refractivity contribution in [3.05, 3.63) is 23.3 Å². The van der Waals surface area contributed by atoms with Gasteiger partial charge in [0.05, 0.1) is 13.2 Å². The molecular formula is C15H26O2. The molecule has 0 spiro atoms.